The normalized spacial score (nSPS) is 36.6. The second-order valence-corrected chi connectivity index (χ2v) is 16.4. The van der Waals surface area contributed by atoms with Gasteiger partial charge in [-0.15, -0.1) is 0 Å². The van der Waals surface area contributed by atoms with Gasteiger partial charge in [0.2, 0.25) is 0 Å². The number of carbonyl (C=O) groups is 3. The molecule has 4 unspecified atom stereocenters. The molecule has 6 rings (SSSR count). The number of carbonyl (C=O) groups excluding carboxylic acids is 3. The number of ketones is 2. The third kappa shape index (κ3) is 7.79. The molecule has 290 valence electrons. The second kappa shape index (κ2) is 17.5. The molecular formula is C41H64N4O7. The molecule has 0 radical (unpaired) electrons. The number of allylic oxidation sites excluding steroid dienone is 4. The Kier molecular flexibility index (Phi) is 13.3. The number of piperidine rings is 1. The van der Waals surface area contributed by atoms with Crippen LogP contribution in [0.3, 0.4) is 0 Å². The van der Waals surface area contributed by atoms with Gasteiger partial charge in [-0.2, -0.15) is 0 Å². The molecule has 2 saturated heterocycles. The van der Waals surface area contributed by atoms with Crippen LogP contribution in [0.4, 0.5) is 0 Å². The summed E-state index contributed by atoms with van der Waals surface area (Å²) in [5, 5.41) is 34.3. The first-order valence-corrected chi connectivity index (χ1v) is 20.3. The van der Waals surface area contributed by atoms with Crippen LogP contribution in [0.5, 0.6) is 0 Å². The second-order valence-electron chi connectivity index (χ2n) is 16.4. The fourth-order valence-corrected chi connectivity index (χ4v) is 10.2. The number of hydrogen-bond acceptors (Lipinski definition) is 11. The summed E-state index contributed by atoms with van der Waals surface area (Å²) in [5.41, 5.74) is -0.697. The molecular weight excluding hydrogens is 660 g/mol. The summed E-state index contributed by atoms with van der Waals surface area (Å²) in [4.78, 5) is 43.9. The number of rotatable bonds is 17. The van der Waals surface area contributed by atoms with Crippen molar-refractivity contribution in [3.05, 3.63) is 34.9 Å². The predicted octanol–water partition coefficient (Wildman–Crippen LogP) is 3.60. The highest BCUT2D eigenvalue weighted by molar-refractivity contribution is 6.23. The van der Waals surface area contributed by atoms with Gasteiger partial charge in [-0.1, -0.05) is 43.6 Å². The van der Waals surface area contributed by atoms with Gasteiger partial charge in [0.15, 0.2) is 17.2 Å². The topological polar surface area (TPSA) is 162 Å². The number of aliphatic hydroxyl groups is 2. The molecule has 0 aromatic heterocycles. The average Bonchev–Trinajstić information content (AvgIpc) is 3.87. The number of fused-ring (bicyclic) bond motifs is 3. The van der Waals surface area contributed by atoms with E-state index in [0.29, 0.717) is 43.1 Å². The number of ether oxygens (including phenoxy) is 2. The molecule has 6 N–H and O–H groups in total. The Morgan fingerprint density at radius 1 is 1.10 bits per heavy atom. The zero-order chi connectivity index (χ0) is 36.9. The Hall–Kier alpha value is -2.25. The van der Waals surface area contributed by atoms with Gasteiger partial charge >= 0.3 is 5.97 Å². The molecule has 4 aliphatic carbocycles. The van der Waals surface area contributed by atoms with Crippen molar-refractivity contribution in [3.8, 4) is 0 Å². The van der Waals surface area contributed by atoms with E-state index in [1.165, 1.54) is 5.57 Å². The van der Waals surface area contributed by atoms with Crippen LogP contribution in [-0.4, -0.2) is 97.3 Å². The lowest BCUT2D eigenvalue weighted by atomic mass is 9.60. The first kappa shape index (κ1) is 39.4. The van der Waals surface area contributed by atoms with Crippen LogP contribution in [0.1, 0.15) is 104 Å². The highest BCUT2D eigenvalue weighted by atomic mass is 16.7. The molecule has 11 nitrogen and oxygen atoms in total. The highest BCUT2D eigenvalue weighted by Gasteiger charge is 2.87. The van der Waals surface area contributed by atoms with E-state index in [2.05, 4.69) is 46.4 Å². The van der Waals surface area contributed by atoms with E-state index in [4.69, 9.17) is 9.47 Å². The van der Waals surface area contributed by atoms with Crippen molar-refractivity contribution < 1.29 is 34.1 Å². The fraction of sp³-hybridized carbons (Fsp3) is 0.780. The van der Waals surface area contributed by atoms with E-state index < -0.39 is 35.1 Å². The van der Waals surface area contributed by atoms with Crippen LogP contribution in [0.2, 0.25) is 0 Å². The minimum atomic E-state index is -2.00. The van der Waals surface area contributed by atoms with Crippen LogP contribution < -0.4 is 21.3 Å². The lowest BCUT2D eigenvalue weighted by Gasteiger charge is -2.41. The lowest BCUT2D eigenvalue weighted by Crippen LogP contribution is -2.59. The quantitative estimate of drug-likeness (QED) is 0.0428. The van der Waals surface area contributed by atoms with E-state index >= 15 is 0 Å². The first-order chi connectivity index (χ1) is 25.2. The molecule has 2 heterocycles. The van der Waals surface area contributed by atoms with Crippen LogP contribution in [-0.2, 0) is 23.9 Å². The minimum absolute atomic E-state index is 0.0159. The Labute approximate surface area is 310 Å². The van der Waals surface area contributed by atoms with Gasteiger partial charge in [0.1, 0.15) is 6.10 Å². The van der Waals surface area contributed by atoms with Gasteiger partial charge in [0, 0.05) is 43.5 Å². The number of Topliss-reactive ketones (excluding diaryl/α,β-unsaturated/α-hetero) is 2. The van der Waals surface area contributed by atoms with Crippen LogP contribution in [0.15, 0.2) is 34.9 Å². The van der Waals surface area contributed by atoms with Crippen molar-refractivity contribution in [1.82, 2.24) is 21.3 Å². The van der Waals surface area contributed by atoms with Gasteiger partial charge in [-0.05, 0) is 121 Å². The van der Waals surface area contributed by atoms with Crippen molar-refractivity contribution in [1.29, 1.82) is 0 Å². The Morgan fingerprint density at radius 2 is 1.88 bits per heavy atom. The third-order valence-electron chi connectivity index (χ3n) is 13.2. The molecule has 0 spiro atoms. The molecule has 11 heteroatoms. The molecule has 6 aliphatic rings. The van der Waals surface area contributed by atoms with Crippen molar-refractivity contribution in [2.24, 2.45) is 29.6 Å². The number of hydrogen-bond donors (Lipinski definition) is 6. The summed E-state index contributed by atoms with van der Waals surface area (Å²) in [6.07, 6.45) is 16.8. The number of epoxide rings is 1. The maximum atomic E-state index is 14.7. The summed E-state index contributed by atoms with van der Waals surface area (Å²) in [5.74, 6) is -1.50. The number of likely N-dealkylation sites (N-methyl/N-ethyl adjacent to an activating group) is 1. The van der Waals surface area contributed by atoms with Crippen LogP contribution in [0.25, 0.3) is 0 Å². The molecule has 0 aromatic rings. The van der Waals surface area contributed by atoms with Crippen molar-refractivity contribution >= 4 is 17.5 Å². The van der Waals surface area contributed by atoms with E-state index in [1.807, 2.05) is 14.0 Å². The average molecular weight is 725 g/mol. The smallest absolute Gasteiger partial charge is 0.350 e. The van der Waals surface area contributed by atoms with E-state index in [1.54, 1.807) is 0 Å². The summed E-state index contributed by atoms with van der Waals surface area (Å²) in [6, 6.07) is -0.0369. The summed E-state index contributed by atoms with van der Waals surface area (Å²) < 4.78 is 12.9. The van der Waals surface area contributed by atoms with Gasteiger partial charge in [-0.3, -0.25) is 14.9 Å². The first-order valence-electron chi connectivity index (χ1n) is 20.3. The van der Waals surface area contributed by atoms with Crippen LogP contribution >= 0.6 is 0 Å². The Morgan fingerprint density at radius 3 is 2.62 bits per heavy atom. The molecule has 2 aliphatic heterocycles. The van der Waals surface area contributed by atoms with Gasteiger partial charge in [0.05, 0.1) is 12.8 Å². The van der Waals surface area contributed by atoms with Crippen molar-refractivity contribution in [2.75, 3.05) is 40.0 Å². The molecule has 0 aromatic carbocycles. The van der Waals surface area contributed by atoms with Crippen molar-refractivity contribution in [3.63, 3.8) is 0 Å². The molecule has 10 atom stereocenters. The third-order valence-corrected chi connectivity index (χ3v) is 13.2. The molecule has 0 amide bonds. The van der Waals surface area contributed by atoms with Gasteiger partial charge in [-0.25, -0.2) is 4.79 Å². The molecule has 2 saturated carbocycles. The molecule has 4 fully saturated rings. The largest absolute Gasteiger partial charge is 0.459 e. The fourth-order valence-electron chi connectivity index (χ4n) is 10.2. The monoisotopic (exact) mass is 724 g/mol. The van der Waals surface area contributed by atoms with Crippen LogP contribution in [0, 0.1) is 29.6 Å². The zero-order valence-electron chi connectivity index (χ0n) is 31.7. The van der Waals surface area contributed by atoms with E-state index in [9.17, 15) is 24.6 Å². The predicted molar refractivity (Wildman–Crippen MR) is 199 cm³/mol. The summed E-state index contributed by atoms with van der Waals surface area (Å²) in [6.45, 7) is 6.16. The molecule has 0 bridgehead atoms. The number of esters is 1. The maximum Gasteiger partial charge on any atom is 0.350 e. The lowest BCUT2D eigenvalue weighted by molar-refractivity contribution is -0.166. The number of aliphatic hydroxyl groups excluding tert-OH is 2. The molecule has 52 heavy (non-hydrogen) atoms. The van der Waals surface area contributed by atoms with Crippen molar-refractivity contribution in [2.45, 2.75) is 133 Å². The summed E-state index contributed by atoms with van der Waals surface area (Å²) >= 11 is 0. The maximum absolute atomic E-state index is 14.7. The van der Waals surface area contributed by atoms with E-state index in [-0.39, 0.29) is 49.3 Å². The zero-order valence-corrected chi connectivity index (χ0v) is 31.7. The highest BCUT2D eigenvalue weighted by Crippen LogP contribution is 2.62. The van der Waals surface area contributed by atoms with Gasteiger partial charge < -0.3 is 35.6 Å². The summed E-state index contributed by atoms with van der Waals surface area (Å²) in [7, 11) is 1.92. The van der Waals surface area contributed by atoms with E-state index in [0.717, 1.165) is 83.1 Å². The Bertz CT molecular complexity index is 1400. The van der Waals surface area contributed by atoms with Gasteiger partial charge in [0.25, 0.3) is 5.60 Å². The number of nitrogens with one attached hydrogen (secondary N) is 4. The standard InChI is InChI=1S/C41H64N4O7/c1-4-43-34-22-29-11-6-5-10-28(29)21-33(34)35(14-9-19-46)51-39(50)41-38(49)32-13-8-7-12-31(32)37(48)40(41,52-41)23-30(24-47)26(2)15-16-27-17-18-44-36(20-27)45-25-42-3/h6,11,22,27-28,31-36,42-47H,4-5,7-10,12-21,23-25H2,1-3H3/t27?,28-,31?,32?,33+,34-,35-,36?,40-,41-/m0/s1. The minimum Gasteiger partial charge on any atom is -0.459 e. The Balaban J connectivity index is 1.25. The SMILES string of the molecule is CCN[C@H]1C=C2C=CCC[C@H]2C[C@H]1[C@H](CCCO)OC(=O)[C@]12O[C@@]1(CC(CO)=C(C)CCC1CCNC(NCNC)C1)C(=O)C1CCCCC1C2=O.